The molecular weight excluding hydrogens is 391 g/mol. The fourth-order valence-electron chi connectivity index (χ4n) is 3.74. The van der Waals surface area contributed by atoms with Gasteiger partial charge >= 0.3 is 0 Å². The molecule has 4 rings (SSSR count). The van der Waals surface area contributed by atoms with Crippen LogP contribution >= 0.6 is 23.1 Å². The summed E-state index contributed by atoms with van der Waals surface area (Å²) < 4.78 is 15.0. The molecule has 0 amide bonds. The quantitative estimate of drug-likeness (QED) is 0.302. The number of allylic oxidation sites excluding steroid dienone is 1. The summed E-state index contributed by atoms with van der Waals surface area (Å²) in [5.41, 5.74) is 2.24. The lowest BCUT2D eigenvalue weighted by Gasteiger charge is -2.18. The van der Waals surface area contributed by atoms with Gasteiger partial charge in [0.25, 0.3) is 5.56 Å². The Balaban J connectivity index is 1.79. The maximum atomic E-state index is 13.3. The summed E-state index contributed by atoms with van der Waals surface area (Å²) in [6, 6.07) is 6.50. The maximum absolute atomic E-state index is 13.3. The van der Waals surface area contributed by atoms with Crippen LogP contribution < -0.4 is 5.56 Å². The molecule has 3 aromatic rings. The van der Waals surface area contributed by atoms with E-state index in [0.717, 1.165) is 35.0 Å². The zero-order valence-corrected chi connectivity index (χ0v) is 17.7. The molecule has 28 heavy (non-hydrogen) atoms. The van der Waals surface area contributed by atoms with Crippen molar-refractivity contribution < 1.29 is 4.39 Å². The molecule has 1 aromatic carbocycles. The number of thiophene rings is 1. The van der Waals surface area contributed by atoms with E-state index < -0.39 is 0 Å². The first-order valence-electron chi connectivity index (χ1n) is 9.56. The van der Waals surface area contributed by atoms with Gasteiger partial charge in [0.15, 0.2) is 5.16 Å². The summed E-state index contributed by atoms with van der Waals surface area (Å²) in [7, 11) is 0. The Hall–Kier alpha value is -1.92. The van der Waals surface area contributed by atoms with Crippen LogP contribution in [0.25, 0.3) is 10.2 Å². The molecule has 0 N–H and O–H groups in total. The first-order valence-corrected chi connectivity index (χ1v) is 11.3. The largest absolute Gasteiger partial charge is 0.283 e. The van der Waals surface area contributed by atoms with Gasteiger partial charge in [-0.25, -0.2) is 9.37 Å². The minimum atomic E-state index is -0.248. The lowest BCUT2D eigenvalue weighted by Crippen LogP contribution is -2.23. The molecule has 0 saturated heterocycles. The second-order valence-corrected chi connectivity index (χ2v) is 9.83. The molecule has 2 atom stereocenters. The van der Waals surface area contributed by atoms with Crippen LogP contribution in [-0.4, -0.2) is 9.55 Å². The van der Waals surface area contributed by atoms with E-state index >= 15 is 0 Å². The summed E-state index contributed by atoms with van der Waals surface area (Å²) in [5, 5.41) is 1.55. The van der Waals surface area contributed by atoms with Crippen molar-refractivity contribution in [2.24, 2.45) is 5.92 Å². The van der Waals surface area contributed by atoms with Crippen LogP contribution in [0.15, 0.2) is 46.9 Å². The fourth-order valence-corrected chi connectivity index (χ4v) is 6.21. The van der Waals surface area contributed by atoms with Crippen molar-refractivity contribution in [3.05, 3.63) is 69.1 Å². The Labute approximate surface area is 172 Å². The molecule has 6 heteroatoms. The number of nitrogens with zero attached hydrogens (tertiary/aromatic N) is 2. The SMILES string of the molecule is C=CCn1c(S[C@H](C)c2ccc(F)cc2)nc2sc3c(c2c1=O)CC[C@@H](C)C3. The lowest BCUT2D eigenvalue weighted by molar-refractivity contribution is 0.509. The normalized spacial score (nSPS) is 17.5. The van der Waals surface area contributed by atoms with E-state index in [9.17, 15) is 9.18 Å². The monoisotopic (exact) mass is 414 g/mol. The number of aromatic nitrogens is 2. The number of hydrogen-bond acceptors (Lipinski definition) is 4. The zero-order valence-electron chi connectivity index (χ0n) is 16.1. The van der Waals surface area contributed by atoms with Gasteiger partial charge in [-0.15, -0.1) is 17.9 Å². The van der Waals surface area contributed by atoms with Gasteiger partial charge in [-0.1, -0.05) is 36.9 Å². The van der Waals surface area contributed by atoms with Gasteiger partial charge < -0.3 is 0 Å². The van der Waals surface area contributed by atoms with E-state index in [1.807, 2.05) is 6.92 Å². The van der Waals surface area contributed by atoms with Crippen LogP contribution in [0.3, 0.4) is 0 Å². The minimum Gasteiger partial charge on any atom is -0.283 e. The number of halogens is 1. The predicted molar refractivity (Wildman–Crippen MR) is 116 cm³/mol. The number of hydrogen-bond donors (Lipinski definition) is 0. The highest BCUT2D eigenvalue weighted by Crippen LogP contribution is 2.38. The summed E-state index contributed by atoms with van der Waals surface area (Å²) >= 11 is 3.20. The molecule has 0 aliphatic heterocycles. The van der Waals surface area contributed by atoms with Crippen LogP contribution in [0.4, 0.5) is 4.39 Å². The van der Waals surface area contributed by atoms with Gasteiger partial charge in [0.2, 0.25) is 0 Å². The Morgan fingerprint density at radius 2 is 2.18 bits per heavy atom. The van der Waals surface area contributed by atoms with Gasteiger partial charge in [-0.05, 0) is 55.4 Å². The molecule has 2 heterocycles. The summed E-state index contributed by atoms with van der Waals surface area (Å²) in [4.78, 5) is 20.4. The number of benzene rings is 1. The first-order chi connectivity index (χ1) is 13.5. The molecule has 0 spiro atoms. The molecule has 1 aliphatic carbocycles. The van der Waals surface area contributed by atoms with Crippen molar-refractivity contribution in [2.45, 2.75) is 50.1 Å². The van der Waals surface area contributed by atoms with Gasteiger partial charge in [0.1, 0.15) is 10.6 Å². The van der Waals surface area contributed by atoms with E-state index in [2.05, 4.69) is 13.5 Å². The third-order valence-electron chi connectivity index (χ3n) is 5.31. The van der Waals surface area contributed by atoms with Gasteiger partial charge in [0, 0.05) is 16.7 Å². The predicted octanol–water partition coefficient (Wildman–Crippen LogP) is 5.76. The summed E-state index contributed by atoms with van der Waals surface area (Å²) in [5.74, 6) is 0.408. The van der Waals surface area contributed by atoms with E-state index in [4.69, 9.17) is 4.98 Å². The number of fused-ring (bicyclic) bond motifs is 3. The van der Waals surface area contributed by atoms with E-state index in [1.54, 1.807) is 34.1 Å². The smallest absolute Gasteiger partial charge is 0.263 e. The molecule has 146 valence electrons. The zero-order chi connectivity index (χ0) is 19.8. The van der Waals surface area contributed by atoms with Crippen molar-refractivity contribution in [3.8, 4) is 0 Å². The highest BCUT2D eigenvalue weighted by molar-refractivity contribution is 7.99. The molecule has 1 aliphatic rings. The molecule has 0 saturated carbocycles. The van der Waals surface area contributed by atoms with Crippen molar-refractivity contribution in [2.75, 3.05) is 0 Å². The number of rotatable bonds is 5. The van der Waals surface area contributed by atoms with Crippen molar-refractivity contribution >= 4 is 33.3 Å². The van der Waals surface area contributed by atoms with Crippen LogP contribution in [-0.2, 0) is 19.4 Å². The van der Waals surface area contributed by atoms with Gasteiger partial charge in [-0.3, -0.25) is 9.36 Å². The average molecular weight is 415 g/mol. The molecule has 0 fully saturated rings. The van der Waals surface area contributed by atoms with Gasteiger partial charge in [0.05, 0.1) is 5.39 Å². The number of thioether (sulfide) groups is 1. The third kappa shape index (κ3) is 3.55. The second kappa shape index (κ2) is 7.84. The third-order valence-corrected chi connectivity index (χ3v) is 7.61. The Kier molecular flexibility index (Phi) is 5.43. The van der Waals surface area contributed by atoms with Gasteiger partial charge in [-0.2, -0.15) is 0 Å². The Morgan fingerprint density at radius 3 is 2.89 bits per heavy atom. The molecule has 2 aromatic heterocycles. The highest BCUT2D eigenvalue weighted by Gasteiger charge is 2.25. The first kappa shape index (κ1) is 19.4. The van der Waals surface area contributed by atoms with Crippen LogP contribution in [0.5, 0.6) is 0 Å². The molecular formula is C22H23FN2OS2. The number of aryl methyl sites for hydroxylation is 1. The highest BCUT2D eigenvalue weighted by atomic mass is 32.2. The summed E-state index contributed by atoms with van der Waals surface area (Å²) in [6.07, 6.45) is 4.85. The van der Waals surface area contributed by atoms with Crippen molar-refractivity contribution in [3.63, 3.8) is 0 Å². The summed E-state index contributed by atoms with van der Waals surface area (Å²) in [6.45, 7) is 8.56. The van der Waals surface area contributed by atoms with Crippen LogP contribution in [0, 0.1) is 11.7 Å². The van der Waals surface area contributed by atoms with E-state index in [0.29, 0.717) is 17.6 Å². The minimum absolute atomic E-state index is 0.0331. The van der Waals surface area contributed by atoms with E-state index in [-0.39, 0.29) is 16.6 Å². The second-order valence-electron chi connectivity index (χ2n) is 7.44. The maximum Gasteiger partial charge on any atom is 0.263 e. The van der Waals surface area contributed by atoms with Crippen molar-refractivity contribution in [1.29, 1.82) is 0 Å². The molecule has 0 unspecified atom stereocenters. The Morgan fingerprint density at radius 1 is 1.43 bits per heavy atom. The topological polar surface area (TPSA) is 34.9 Å². The average Bonchev–Trinajstić information content (AvgIpc) is 3.02. The van der Waals surface area contributed by atoms with Crippen molar-refractivity contribution in [1.82, 2.24) is 9.55 Å². The Bertz CT molecular complexity index is 1080. The molecule has 0 radical (unpaired) electrons. The lowest BCUT2D eigenvalue weighted by atomic mass is 9.89. The standard InChI is InChI=1S/C22H23FN2OS2/c1-4-11-25-21(26)19-17-10-5-13(2)12-18(17)28-20(19)24-22(25)27-14(3)15-6-8-16(23)9-7-15/h4,6-9,13-14H,1,5,10-12H2,2-3H3/t13-,14-/m1/s1. The molecule has 0 bridgehead atoms. The fraction of sp³-hybridized carbons (Fsp3) is 0.364. The van der Waals surface area contributed by atoms with Crippen LogP contribution in [0.2, 0.25) is 0 Å². The van der Waals surface area contributed by atoms with Crippen LogP contribution in [0.1, 0.15) is 41.5 Å². The van der Waals surface area contributed by atoms with E-state index in [1.165, 1.54) is 34.3 Å². The molecule has 3 nitrogen and oxygen atoms in total.